The van der Waals surface area contributed by atoms with Crippen LogP contribution in [0.4, 0.5) is 5.69 Å². The van der Waals surface area contributed by atoms with Crippen molar-refractivity contribution in [1.82, 2.24) is 9.38 Å². The van der Waals surface area contributed by atoms with Gasteiger partial charge in [-0.05, 0) is 31.2 Å². The third kappa shape index (κ3) is 2.78. The normalized spacial score (nSPS) is 10.5. The highest BCUT2D eigenvalue weighted by Gasteiger charge is 2.10. The maximum Gasteiger partial charge on any atom is 0.230 e. The molecule has 1 amide bonds. The lowest BCUT2D eigenvalue weighted by Gasteiger charge is -2.04. The summed E-state index contributed by atoms with van der Waals surface area (Å²) in [4.78, 5) is 17.3. The number of fused-ring (bicyclic) bond motifs is 1. The van der Waals surface area contributed by atoms with Crippen molar-refractivity contribution in [3.8, 4) is 6.07 Å². The molecule has 0 unspecified atom stereocenters. The number of hydrogen-bond donors (Lipinski definition) is 1. The van der Waals surface area contributed by atoms with Crippen LogP contribution < -0.4 is 5.32 Å². The molecule has 1 aromatic carbocycles. The number of nitriles is 1. The fourth-order valence-electron chi connectivity index (χ4n) is 2.07. The molecule has 0 bridgehead atoms. The van der Waals surface area contributed by atoms with E-state index in [-0.39, 0.29) is 12.3 Å². The van der Waals surface area contributed by atoms with Crippen molar-refractivity contribution < 1.29 is 4.79 Å². The molecule has 21 heavy (non-hydrogen) atoms. The van der Waals surface area contributed by atoms with E-state index in [1.165, 1.54) is 11.3 Å². The highest BCUT2D eigenvalue weighted by atomic mass is 32.1. The van der Waals surface area contributed by atoms with Gasteiger partial charge >= 0.3 is 0 Å². The fraction of sp³-hybridized carbons (Fsp3) is 0.133. The number of anilines is 1. The summed E-state index contributed by atoms with van der Waals surface area (Å²) < 4.78 is 1.94. The maximum absolute atomic E-state index is 12.1. The van der Waals surface area contributed by atoms with E-state index in [0.717, 1.165) is 16.3 Å². The van der Waals surface area contributed by atoms with Gasteiger partial charge in [0.15, 0.2) is 4.96 Å². The van der Waals surface area contributed by atoms with Crippen molar-refractivity contribution in [1.29, 1.82) is 5.26 Å². The smallest absolute Gasteiger partial charge is 0.230 e. The molecule has 1 N–H and O–H groups in total. The van der Waals surface area contributed by atoms with Crippen LogP contribution in [-0.2, 0) is 11.2 Å². The molecule has 0 atom stereocenters. The number of aryl methyl sites for hydroxylation is 1. The first-order valence-corrected chi connectivity index (χ1v) is 7.26. The van der Waals surface area contributed by atoms with Gasteiger partial charge in [0.1, 0.15) is 0 Å². The average molecular weight is 296 g/mol. The minimum absolute atomic E-state index is 0.0919. The van der Waals surface area contributed by atoms with E-state index in [4.69, 9.17) is 5.26 Å². The van der Waals surface area contributed by atoms with E-state index in [9.17, 15) is 4.79 Å². The van der Waals surface area contributed by atoms with E-state index >= 15 is 0 Å². The molecule has 6 heteroatoms. The molecule has 0 aliphatic heterocycles. The van der Waals surface area contributed by atoms with Crippen LogP contribution in [0.25, 0.3) is 4.96 Å². The second-order valence-corrected chi connectivity index (χ2v) is 5.51. The molecule has 3 aromatic rings. The molecule has 2 heterocycles. The zero-order chi connectivity index (χ0) is 14.8. The van der Waals surface area contributed by atoms with Crippen LogP contribution in [0.3, 0.4) is 0 Å². The number of aromatic nitrogens is 2. The molecule has 5 nitrogen and oxygen atoms in total. The molecule has 0 aliphatic rings. The van der Waals surface area contributed by atoms with Gasteiger partial charge in [0.05, 0.1) is 23.7 Å². The van der Waals surface area contributed by atoms with Gasteiger partial charge in [-0.25, -0.2) is 4.98 Å². The predicted octanol–water partition coefficient (Wildman–Crippen LogP) is 2.76. The van der Waals surface area contributed by atoms with Crippen LogP contribution in [0.1, 0.15) is 17.0 Å². The highest BCUT2D eigenvalue weighted by molar-refractivity contribution is 7.15. The lowest BCUT2D eigenvalue weighted by atomic mass is 10.2. The second kappa shape index (κ2) is 5.38. The van der Waals surface area contributed by atoms with E-state index in [1.807, 2.05) is 29.0 Å². The quantitative estimate of drug-likeness (QED) is 0.808. The molecule has 0 saturated heterocycles. The van der Waals surface area contributed by atoms with Gasteiger partial charge in [0.25, 0.3) is 0 Å². The van der Waals surface area contributed by atoms with E-state index < -0.39 is 0 Å². The SMILES string of the molecule is Cc1cn2c(CC(=O)Nc3ccc(C#N)cc3)csc2n1. The van der Waals surface area contributed by atoms with E-state index in [1.54, 1.807) is 24.3 Å². The number of nitrogens with zero attached hydrogens (tertiary/aromatic N) is 3. The highest BCUT2D eigenvalue weighted by Crippen LogP contribution is 2.17. The van der Waals surface area contributed by atoms with Gasteiger partial charge in [-0.15, -0.1) is 11.3 Å². The zero-order valence-corrected chi connectivity index (χ0v) is 12.1. The van der Waals surface area contributed by atoms with Gasteiger partial charge in [-0.1, -0.05) is 0 Å². The lowest BCUT2D eigenvalue weighted by Crippen LogP contribution is -2.15. The van der Waals surface area contributed by atoms with Crippen molar-refractivity contribution in [2.75, 3.05) is 5.32 Å². The molecule has 0 fully saturated rings. The molecule has 0 aliphatic carbocycles. The Morgan fingerprint density at radius 3 is 2.90 bits per heavy atom. The monoisotopic (exact) mass is 296 g/mol. The van der Waals surface area contributed by atoms with E-state index in [2.05, 4.69) is 10.3 Å². The van der Waals surface area contributed by atoms with Gasteiger partial charge in [-0.3, -0.25) is 9.20 Å². The second-order valence-electron chi connectivity index (χ2n) is 4.68. The Balaban J connectivity index is 1.72. The lowest BCUT2D eigenvalue weighted by molar-refractivity contribution is -0.115. The first kappa shape index (κ1) is 13.3. The third-order valence-corrected chi connectivity index (χ3v) is 3.93. The standard InChI is InChI=1S/C15H12N4OS/c1-10-8-19-13(9-21-15(19)17-10)6-14(20)18-12-4-2-11(7-16)3-5-12/h2-5,8-9H,6H2,1H3,(H,18,20). The Labute approximate surface area is 125 Å². The number of hydrogen-bond acceptors (Lipinski definition) is 4. The molecule has 0 radical (unpaired) electrons. The summed E-state index contributed by atoms with van der Waals surface area (Å²) in [5, 5.41) is 13.5. The Hall–Kier alpha value is -2.65. The van der Waals surface area contributed by atoms with Crippen LogP contribution in [0.2, 0.25) is 0 Å². The summed E-state index contributed by atoms with van der Waals surface area (Å²) >= 11 is 1.52. The van der Waals surface area contributed by atoms with Crippen LogP contribution in [0.15, 0.2) is 35.8 Å². The fourth-order valence-corrected chi connectivity index (χ4v) is 2.99. The van der Waals surface area contributed by atoms with Gasteiger partial charge in [0, 0.05) is 23.0 Å². The van der Waals surface area contributed by atoms with Crippen molar-refractivity contribution in [3.63, 3.8) is 0 Å². The molecular formula is C15H12N4OS. The molecule has 3 rings (SSSR count). The number of thiazole rings is 1. The number of rotatable bonds is 3. The summed E-state index contributed by atoms with van der Waals surface area (Å²) in [5.74, 6) is -0.0919. The van der Waals surface area contributed by atoms with Gasteiger partial charge in [-0.2, -0.15) is 5.26 Å². The summed E-state index contributed by atoms with van der Waals surface area (Å²) in [6.07, 6.45) is 2.21. The number of carbonyl (C=O) groups is 1. The number of carbonyl (C=O) groups excluding carboxylic acids is 1. The van der Waals surface area contributed by atoms with Gasteiger partial charge < -0.3 is 5.32 Å². The zero-order valence-electron chi connectivity index (χ0n) is 11.3. The number of imidazole rings is 1. The number of benzene rings is 1. The summed E-state index contributed by atoms with van der Waals surface area (Å²) in [7, 11) is 0. The van der Waals surface area contributed by atoms with Crippen LogP contribution in [-0.4, -0.2) is 15.3 Å². The van der Waals surface area contributed by atoms with Crippen molar-refractivity contribution in [3.05, 3.63) is 52.8 Å². The van der Waals surface area contributed by atoms with Crippen molar-refractivity contribution in [2.24, 2.45) is 0 Å². The Morgan fingerprint density at radius 1 is 1.43 bits per heavy atom. The Bertz CT molecular complexity index is 839. The first-order chi connectivity index (χ1) is 10.2. The Kier molecular flexibility index (Phi) is 3.42. The predicted molar refractivity (Wildman–Crippen MR) is 81.3 cm³/mol. The minimum atomic E-state index is -0.0919. The number of nitrogens with one attached hydrogen (secondary N) is 1. The largest absolute Gasteiger partial charge is 0.326 e. The average Bonchev–Trinajstić information content (AvgIpc) is 3.00. The number of amides is 1. The molecule has 2 aromatic heterocycles. The van der Waals surface area contributed by atoms with E-state index in [0.29, 0.717) is 11.3 Å². The molecule has 0 spiro atoms. The summed E-state index contributed by atoms with van der Waals surface area (Å²) in [5.41, 5.74) is 3.12. The topological polar surface area (TPSA) is 70.2 Å². The summed E-state index contributed by atoms with van der Waals surface area (Å²) in [6.45, 7) is 1.93. The van der Waals surface area contributed by atoms with Crippen molar-refractivity contribution >= 4 is 27.9 Å². The first-order valence-electron chi connectivity index (χ1n) is 6.38. The molecular weight excluding hydrogens is 284 g/mol. The summed E-state index contributed by atoms with van der Waals surface area (Å²) in [6, 6.07) is 8.85. The minimum Gasteiger partial charge on any atom is -0.326 e. The Morgan fingerprint density at radius 2 is 2.19 bits per heavy atom. The van der Waals surface area contributed by atoms with Crippen molar-refractivity contribution in [2.45, 2.75) is 13.3 Å². The van der Waals surface area contributed by atoms with Crippen LogP contribution in [0, 0.1) is 18.3 Å². The van der Waals surface area contributed by atoms with Gasteiger partial charge in [0.2, 0.25) is 5.91 Å². The third-order valence-electron chi connectivity index (χ3n) is 3.04. The van der Waals surface area contributed by atoms with Crippen LogP contribution >= 0.6 is 11.3 Å². The molecule has 104 valence electrons. The van der Waals surface area contributed by atoms with Crippen LogP contribution in [0.5, 0.6) is 0 Å². The molecule has 0 saturated carbocycles. The maximum atomic E-state index is 12.1.